The quantitative estimate of drug-likeness (QED) is 0.316. The molecule has 4 heterocycles. The molecule has 0 spiro atoms. The van der Waals surface area contributed by atoms with Gasteiger partial charge >= 0.3 is 6.09 Å². The Kier molecular flexibility index (Phi) is 6.42. The van der Waals surface area contributed by atoms with Gasteiger partial charge in [-0.1, -0.05) is 42.5 Å². The van der Waals surface area contributed by atoms with E-state index in [-0.39, 0.29) is 19.1 Å². The van der Waals surface area contributed by atoms with Crippen molar-refractivity contribution in [2.24, 2.45) is 5.92 Å². The van der Waals surface area contributed by atoms with E-state index in [4.69, 9.17) is 19.8 Å². The van der Waals surface area contributed by atoms with Crippen LogP contribution in [0.3, 0.4) is 0 Å². The molecule has 208 valence electrons. The molecule has 7 rings (SSSR count). The summed E-state index contributed by atoms with van der Waals surface area (Å²) in [4.78, 5) is 37.1. The lowest BCUT2D eigenvalue weighted by Crippen LogP contribution is -2.44. The average molecular weight is 552 g/mol. The van der Waals surface area contributed by atoms with Crippen LogP contribution in [0.4, 0.5) is 10.7 Å². The normalized spacial score (nSPS) is 17.4. The summed E-state index contributed by atoms with van der Waals surface area (Å²) in [6.45, 7) is 1.80. The molecule has 1 saturated carbocycles. The van der Waals surface area contributed by atoms with E-state index in [1.165, 1.54) is 17.7 Å². The van der Waals surface area contributed by atoms with Gasteiger partial charge < -0.3 is 20.3 Å². The highest BCUT2D eigenvalue weighted by Gasteiger charge is 2.30. The summed E-state index contributed by atoms with van der Waals surface area (Å²) < 4.78 is 9.09. The fourth-order valence-corrected chi connectivity index (χ4v) is 4.99. The van der Waals surface area contributed by atoms with Crippen LogP contribution in [0.2, 0.25) is 0 Å². The van der Waals surface area contributed by atoms with Crippen LogP contribution in [0.25, 0.3) is 27.9 Å². The van der Waals surface area contributed by atoms with Crippen molar-refractivity contribution in [2.75, 3.05) is 25.0 Å². The molecule has 5 aromatic rings. The molecule has 1 aliphatic heterocycles. The fourth-order valence-electron chi connectivity index (χ4n) is 4.99. The second-order valence-electron chi connectivity index (χ2n) is 10.5. The number of anilines is 1. The molecular formula is C29H29N9O3. The zero-order chi connectivity index (χ0) is 27.8. The number of amides is 2. The third-order valence-electron chi connectivity index (χ3n) is 7.38. The fraction of sp³-hybridized carbons (Fsp3) is 0.310. The molecule has 2 fully saturated rings. The monoisotopic (exact) mass is 551 g/mol. The van der Waals surface area contributed by atoms with Gasteiger partial charge in [-0.05, 0) is 36.5 Å². The first-order valence-electron chi connectivity index (χ1n) is 13.8. The summed E-state index contributed by atoms with van der Waals surface area (Å²) in [7, 11) is 0. The van der Waals surface area contributed by atoms with Gasteiger partial charge in [0, 0.05) is 31.2 Å². The van der Waals surface area contributed by atoms with Crippen molar-refractivity contribution in [3.05, 3.63) is 72.6 Å². The van der Waals surface area contributed by atoms with Crippen molar-refractivity contribution in [2.45, 2.75) is 32.0 Å². The van der Waals surface area contributed by atoms with Crippen LogP contribution in [0.1, 0.15) is 18.4 Å². The number of hydrogen-bond donors (Lipinski definition) is 2. The standard InChI is InChI=1S/C29H29N9O3/c39-27-24(17-36(13-12-30-27)29(40)41-18-20-6-2-1-3-7-20)33-28-32-23-9-5-4-8-22(23)26-34-25(35-38(26)28)21-14-31-37(16-21)15-19-10-11-19/h1-9,14,16,19,24H,10-13,15,17-18H2,(H,30,39)(H,32,33)/t24-/m1/s1. The van der Waals surface area contributed by atoms with Crippen LogP contribution in [-0.2, 0) is 22.7 Å². The minimum Gasteiger partial charge on any atom is -0.445 e. The molecule has 0 unspecified atom stereocenters. The number of ether oxygens (including phenoxy) is 1. The van der Waals surface area contributed by atoms with Gasteiger partial charge in [0.1, 0.15) is 12.6 Å². The number of aromatic nitrogens is 6. The Morgan fingerprint density at radius 2 is 1.90 bits per heavy atom. The molecule has 1 aliphatic carbocycles. The van der Waals surface area contributed by atoms with Crippen molar-refractivity contribution in [1.82, 2.24) is 39.6 Å². The number of benzene rings is 2. The highest BCUT2D eigenvalue weighted by molar-refractivity contribution is 5.93. The molecule has 2 amide bonds. The maximum absolute atomic E-state index is 13.1. The van der Waals surface area contributed by atoms with Crippen molar-refractivity contribution in [3.8, 4) is 11.4 Å². The van der Waals surface area contributed by atoms with Gasteiger partial charge in [-0.25, -0.2) is 14.8 Å². The molecule has 2 aromatic carbocycles. The van der Waals surface area contributed by atoms with Crippen molar-refractivity contribution < 1.29 is 14.3 Å². The molecule has 2 aliphatic rings. The van der Waals surface area contributed by atoms with Gasteiger partial charge in [-0.15, -0.1) is 5.10 Å². The summed E-state index contributed by atoms with van der Waals surface area (Å²) in [5.41, 5.74) is 3.02. The summed E-state index contributed by atoms with van der Waals surface area (Å²) in [6, 6.07) is 16.4. The Morgan fingerprint density at radius 1 is 1.07 bits per heavy atom. The van der Waals surface area contributed by atoms with E-state index in [0.717, 1.165) is 23.1 Å². The topological polar surface area (TPSA) is 132 Å². The molecule has 1 atom stereocenters. The van der Waals surface area contributed by atoms with E-state index >= 15 is 0 Å². The maximum Gasteiger partial charge on any atom is 0.410 e. The smallest absolute Gasteiger partial charge is 0.410 e. The van der Waals surface area contributed by atoms with Crippen LogP contribution in [-0.4, -0.2) is 71.9 Å². The SMILES string of the molecule is O=C1NCCN(C(=O)OCc2ccccc2)C[C@H]1Nc1nc2ccccc2c2nc(-c3cnn(CC4CC4)c3)nn12. The number of hydrogen-bond acceptors (Lipinski definition) is 8. The molecule has 12 heteroatoms. The average Bonchev–Trinajstić information content (AvgIpc) is 3.55. The summed E-state index contributed by atoms with van der Waals surface area (Å²) in [5, 5.41) is 16.2. The number of nitrogens with zero attached hydrogens (tertiary/aromatic N) is 7. The third-order valence-corrected chi connectivity index (χ3v) is 7.38. The second-order valence-corrected chi connectivity index (χ2v) is 10.5. The van der Waals surface area contributed by atoms with Crippen molar-refractivity contribution in [3.63, 3.8) is 0 Å². The van der Waals surface area contributed by atoms with Gasteiger partial charge in [-0.2, -0.15) is 9.61 Å². The molecule has 12 nitrogen and oxygen atoms in total. The first-order valence-corrected chi connectivity index (χ1v) is 13.8. The first kappa shape index (κ1) is 25.0. The molecule has 3 aromatic heterocycles. The Morgan fingerprint density at radius 3 is 2.76 bits per heavy atom. The molecular weight excluding hydrogens is 522 g/mol. The van der Waals surface area contributed by atoms with Gasteiger partial charge in [0.05, 0.1) is 23.8 Å². The Bertz CT molecular complexity index is 1730. The van der Waals surface area contributed by atoms with E-state index in [1.54, 1.807) is 10.7 Å². The number of nitrogens with one attached hydrogen (secondary N) is 2. The van der Waals surface area contributed by atoms with E-state index in [9.17, 15) is 9.59 Å². The lowest BCUT2D eigenvalue weighted by molar-refractivity contribution is -0.121. The number of carbonyl (C=O) groups excluding carboxylic acids is 2. The Hall–Kier alpha value is -5.00. The first-order chi connectivity index (χ1) is 20.1. The Balaban J connectivity index is 1.17. The lowest BCUT2D eigenvalue weighted by Gasteiger charge is -2.23. The van der Waals surface area contributed by atoms with Gasteiger partial charge in [0.25, 0.3) is 0 Å². The number of carbonyl (C=O) groups is 2. The third kappa shape index (κ3) is 5.28. The minimum atomic E-state index is -0.785. The zero-order valence-corrected chi connectivity index (χ0v) is 22.3. The predicted molar refractivity (Wildman–Crippen MR) is 151 cm³/mol. The van der Waals surface area contributed by atoms with E-state index in [1.807, 2.05) is 65.5 Å². The van der Waals surface area contributed by atoms with E-state index in [0.29, 0.717) is 41.9 Å². The highest BCUT2D eigenvalue weighted by Crippen LogP contribution is 2.31. The summed E-state index contributed by atoms with van der Waals surface area (Å²) in [6.07, 6.45) is 5.74. The number of para-hydroxylation sites is 1. The van der Waals surface area contributed by atoms with Gasteiger partial charge in [-0.3, -0.25) is 9.48 Å². The number of fused-ring (bicyclic) bond motifs is 3. The lowest BCUT2D eigenvalue weighted by atomic mass is 10.2. The summed E-state index contributed by atoms with van der Waals surface area (Å²) in [5.74, 6) is 1.32. The van der Waals surface area contributed by atoms with Crippen molar-refractivity contribution >= 4 is 34.5 Å². The van der Waals surface area contributed by atoms with Gasteiger partial charge in [0.15, 0.2) is 11.5 Å². The predicted octanol–water partition coefficient (Wildman–Crippen LogP) is 3.10. The van der Waals surface area contributed by atoms with Crippen LogP contribution in [0.15, 0.2) is 67.0 Å². The Labute approximate surface area is 235 Å². The van der Waals surface area contributed by atoms with Crippen LogP contribution < -0.4 is 10.6 Å². The highest BCUT2D eigenvalue weighted by atomic mass is 16.6. The van der Waals surface area contributed by atoms with E-state index < -0.39 is 12.1 Å². The van der Waals surface area contributed by atoms with Gasteiger partial charge in [0.2, 0.25) is 11.9 Å². The van der Waals surface area contributed by atoms with Crippen LogP contribution >= 0.6 is 0 Å². The molecule has 41 heavy (non-hydrogen) atoms. The largest absolute Gasteiger partial charge is 0.445 e. The van der Waals surface area contributed by atoms with Crippen molar-refractivity contribution in [1.29, 1.82) is 0 Å². The summed E-state index contributed by atoms with van der Waals surface area (Å²) >= 11 is 0. The second kappa shape index (κ2) is 10.5. The number of rotatable bonds is 7. The molecule has 1 saturated heterocycles. The van der Waals surface area contributed by atoms with Crippen LogP contribution in [0, 0.1) is 5.92 Å². The van der Waals surface area contributed by atoms with E-state index in [2.05, 4.69) is 15.7 Å². The molecule has 0 bridgehead atoms. The molecule has 0 radical (unpaired) electrons. The zero-order valence-electron chi connectivity index (χ0n) is 22.3. The molecule has 2 N–H and O–H groups in total. The maximum atomic E-state index is 13.1. The van der Waals surface area contributed by atoms with Crippen LogP contribution in [0.5, 0.6) is 0 Å². The minimum absolute atomic E-state index is 0.102.